The molecule has 1 aromatic carbocycles. The summed E-state index contributed by atoms with van der Waals surface area (Å²) >= 11 is 0. The first-order valence-electron chi connectivity index (χ1n) is 6.58. The largest absolute Gasteiger partial charge is 0.465 e. The van der Waals surface area contributed by atoms with Gasteiger partial charge < -0.3 is 4.74 Å². The molecule has 1 aromatic rings. The first kappa shape index (κ1) is 15.9. The van der Waals surface area contributed by atoms with Gasteiger partial charge in [0.15, 0.2) is 0 Å². The van der Waals surface area contributed by atoms with Crippen molar-refractivity contribution in [2.24, 2.45) is 0 Å². The molecule has 0 fully saturated rings. The van der Waals surface area contributed by atoms with Gasteiger partial charge in [0.1, 0.15) is 0 Å². The molecule has 19 heavy (non-hydrogen) atoms. The zero-order valence-corrected chi connectivity index (χ0v) is 13.0. The third-order valence-electron chi connectivity index (χ3n) is 2.92. The Morgan fingerprint density at radius 3 is 2.58 bits per heavy atom. The van der Waals surface area contributed by atoms with Crippen LogP contribution in [0.5, 0.6) is 0 Å². The maximum absolute atomic E-state index is 11.7. The molecule has 0 aliphatic carbocycles. The molecule has 0 saturated carbocycles. The molecule has 0 amide bonds. The number of hydrogen-bond acceptors (Lipinski definition) is 3. The predicted octanol–water partition coefficient (Wildman–Crippen LogP) is 3.38. The van der Waals surface area contributed by atoms with Gasteiger partial charge in [0, 0.05) is 13.1 Å². The van der Waals surface area contributed by atoms with Crippen molar-refractivity contribution in [3.8, 4) is 0 Å². The summed E-state index contributed by atoms with van der Waals surface area (Å²) in [6, 6.07) is 7.61. The minimum absolute atomic E-state index is 0.269. The summed E-state index contributed by atoms with van der Waals surface area (Å²) in [5.74, 6) is -0.269. The monoisotopic (exact) mass is 279 g/mol. The zero-order valence-electron chi connectivity index (χ0n) is 11.8. The highest BCUT2D eigenvalue weighted by Crippen LogP contribution is 2.26. The Morgan fingerprint density at radius 1 is 1.32 bits per heavy atom. The molecule has 0 spiro atoms. The van der Waals surface area contributed by atoms with E-state index < -0.39 is 0 Å². The van der Waals surface area contributed by atoms with Gasteiger partial charge in [0.25, 0.3) is 0 Å². The van der Waals surface area contributed by atoms with Crippen LogP contribution in [0.15, 0.2) is 30.3 Å². The first-order valence-corrected chi connectivity index (χ1v) is 7.10. The van der Waals surface area contributed by atoms with Crippen molar-refractivity contribution in [2.75, 3.05) is 20.2 Å². The molecule has 0 N–H and O–H groups in total. The van der Waals surface area contributed by atoms with Gasteiger partial charge in [-0.1, -0.05) is 47.5 Å². The lowest BCUT2D eigenvalue weighted by Gasteiger charge is -2.22. The highest BCUT2D eigenvalue weighted by molar-refractivity contribution is 7.13. The van der Waals surface area contributed by atoms with E-state index in [-0.39, 0.29) is 5.97 Å². The average molecular weight is 279 g/mol. The van der Waals surface area contributed by atoms with E-state index in [1.54, 1.807) is 0 Å². The summed E-state index contributed by atoms with van der Waals surface area (Å²) < 4.78 is 6.98. The minimum Gasteiger partial charge on any atom is -0.465 e. The van der Waals surface area contributed by atoms with Gasteiger partial charge in [0.05, 0.1) is 12.7 Å². The third kappa shape index (κ3) is 4.15. The fourth-order valence-electron chi connectivity index (χ4n) is 1.98. The second-order valence-electron chi connectivity index (χ2n) is 4.01. The molecule has 4 heteroatoms. The Bertz CT molecular complexity index is 457. The summed E-state index contributed by atoms with van der Waals surface area (Å²) in [7, 11) is 4.11. The number of ether oxygens (including phenoxy) is 1. The molecule has 1 atom stereocenters. The van der Waals surface area contributed by atoms with E-state index in [2.05, 4.69) is 20.1 Å². The Morgan fingerprint density at radius 2 is 2.00 bits per heavy atom. The average Bonchev–Trinajstić information content (AvgIpc) is 2.49. The number of hydrogen-bond donors (Lipinski definition) is 0. The Hall–Kier alpha value is -1.18. The lowest BCUT2D eigenvalue weighted by Crippen LogP contribution is -2.18. The molecule has 2 rings (SSSR count). The molecule has 1 aliphatic heterocycles. The van der Waals surface area contributed by atoms with Crippen molar-refractivity contribution in [3.63, 3.8) is 0 Å². The van der Waals surface area contributed by atoms with Gasteiger partial charge in [-0.3, -0.25) is 4.67 Å². The molecule has 3 nitrogen and oxygen atoms in total. The maximum Gasteiger partial charge on any atom is 0.338 e. The number of carbonyl (C=O) groups is 1. The van der Waals surface area contributed by atoms with Gasteiger partial charge in [-0.05, 0) is 23.6 Å². The van der Waals surface area contributed by atoms with Crippen LogP contribution in [0, 0.1) is 0 Å². The standard InChI is InChI=1S/C13H16NO2P.C2H6/c1-16-13(15)12-5-3-2-4-11(12)10-6-8-14(17)9-7-10;1-2/h2-6H,7-9,17H2,1H3;1-2H3. The molecule has 104 valence electrons. The molecule has 0 bridgehead atoms. The fraction of sp³-hybridized carbons (Fsp3) is 0.400. The summed E-state index contributed by atoms with van der Waals surface area (Å²) in [4.78, 5) is 11.7. The van der Waals surface area contributed by atoms with Gasteiger partial charge >= 0.3 is 5.97 Å². The highest BCUT2D eigenvalue weighted by atomic mass is 31.0. The maximum atomic E-state index is 11.7. The van der Waals surface area contributed by atoms with Crippen LogP contribution in [-0.4, -0.2) is 30.8 Å². The summed E-state index contributed by atoms with van der Waals surface area (Å²) in [6.45, 7) is 5.89. The SMILES string of the molecule is CC.COC(=O)c1ccccc1C1=CCN(P)CC1. The number of nitrogens with zero attached hydrogens (tertiary/aromatic N) is 1. The van der Waals surface area contributed by atoms with E-state index in [4.69, 9.17) is 4.74 Å². The topological polar surface area (TPSA) is 29.5 Å². The fourth-order valence-corrected chi connectivity index (χ4v) is 2.22. The lowest BCUT2D eigenvalue weighted by molar-refractivity contribution is 0.0600. The normalized spacial score (nSPS) is 15.1. The molecule has 0 radical (unpaired) electrons. The quantitative estimate of drug-likeness (QED) is 0.614. The first-order chi connectivity index (χ1) is 9.22. The number of rotatable bonds is 2. The summed E-state index contributed by atoms with van der Waals surface area (Å²) in [5.41, 5.74) is 2.88. The Labute approximate surface area is 117 Å². The molecular formula is C15H22NO2P. The van der Waals surface area contributed by atoms with E-state index in [9.17, 15) is 4.79 Å². The van der Waals surface area contributed by atoms with Gasteiger partial charge in [-0.15, -0.1) is 0 Å². The van der Waals surface area contributed by atoms with Crippen molar-refractivity contribution >= 4 is 20.9 Å². The number of esters is 1. The van der Waals surface area contributed by atoms with Crippen LogP contribution in [-0.2, 0) is 4.74 Å². The van der Waals surface area contributed by atoms with Crippen molar-refractivity contribution in [2.45, 2.75) is 20.3 Å². The molecule has 1 unspecified atom stereocenters. The van der Waals surface area contributed by atoms with Crippen LogP contribution in [0.2, 0.25) is 0 Å². The number of carbonyl (C=O) groups excluding carboxylic acids is 1. The predicted molar refractivity (Wildman–Crippen MR) is 83.0 cm³/mol. The molecule has 1 heterocycles. The molecular weight excluding hydrogens is 257 g/mol. The highest BCUT2D eigenvalue weighted by Gasteiger charge is 2.16. The lowest BCUT2D eigenvalue weighted by atomic mass is 9.95. The molecule has 1 aliphatic rings. The van der Waals surface area contributed by atoms with E-state index >= 15 is 0 Å². The van der Waals surface area contributed by atoms with E-state index in [1.165, 1.54) is 12.7 Å². The van der Waals surface area contributed by atoms with Gasteiger partial charge in [0.2, 0.25) is 0 Å². The van der Waals surface area contributed by atoms with E-state index in [0.29, 0.717) is 5.56 Å². The minimum atomic E-state index is -0.269. The summed E-state index contributed by atoms with van der Waals surface area (Å²) in [5, 5.41) is 0. The number of benzene rings is 1. The van der Waals surface area contributed by atoms with Crippen LogP contribution in [0.3, 0.4) is 0 Å². The van der Waals surface area contributed by atoms with Crippen LogP contribution in [0.1, 0.15) is 36.2 Å². The second-order valence-corrected chi connectivity index (χ2v) is 4.74. The van der Waals surface area contributed by atoms with Gasteiger partial charge in [-0.25, -0.2) is 4.79 Å². The molecule has 0 saturated heterocycles. The van der Waals surface area contributed by atoms with Crippen molar-refractivity contribution in [1.29, 1.82) is 0 Å². The van der Waals surface area contributed by atoms with Crippen LogP contribution < -0.4 is 0 Å². The van der Waals surface area contributed by atoms with Crippen molar-refractivity contribution < 1.29 is 9.53 Å². The van der Waals surface area contributed by atoms with Gasteiger partial charge in [-0.2, -0.15) is 0 Å². The van der Waals surface area contributed by atoms with Crippen LogP contribution in [0.4, 0.5) is 0 Å². The Balaban J connectivity index is 0.000000861. The van der Waals surface area contributed by atoms with Crippen LogP contribution in [0.25, 0.3) is 5.57 Å². The molecule has 0 aromatic heterocycles. The van der Waals surface area contributed by atoms with Crippen molar-refractivity contribution in [3.05, 3.63) is 41.5 Å². The third-order valence-corrected chi connectivity index (χ3v) is 3.39. The zero-order chi connectivity index (χ0) is 14.3. The van der Waals surface area contributed by atoms with E-state index in [0.717, 1.165) is 25.1 Å². The number of methoxy groups -OCH3 is 1. The second kappa shape index (κ2) is 8.08. The van der Waals surface area contributed by atoms with Crippen LogP contribution >= 0.6 is 9.39 Å². The smallest absolute Gasteiger partial charge is 0.338 e. The van der Waals surface area contributed by atoms with E-state index in [1.807, 2.05) is 38.1 Å². The Kier molecular flexibility index (Phi) is 6.75. The van der Waals surface area contributed by atoms with Crippen molar-refractivity contribution in [1.82, 2.24) is 4.67 Å². The summed E-state index contributed by atoms with van der Waals surface area (Å²) in [6.07, 6.45) is 3.12.